The van der Waals surface area contributed by atoms with E-state index >= 15 is 0 Å². The lowest BCUT2D eigenvalue weighted by Crippen LogP contribution is -2.48. The van der Waals surface area contributed by atoms with Gasteiger partial charge in [-0.2, -0.15) is 0 Å². The van der Waals surface area contributed by atoms with Crippen LogP contribution in [0.3, 0.4) is 0 Å². The predicted molar refractivity (Wildman–Crippen MR) is 112 cm³/mol. The van der Waals surface area contributed by atoms with Gasteiger partial charge in [0.15, 0.2) is 0 Å². The van der Waals surface area contributed by atoms with Crippen molar-refractivity contribution in [1.29, 1.82) is 0 Å². The first-order chi connectivity index (χ1) is 14.0. The molecular weight excluding hydrogens is 364 g/mol. The lowest BCUT2D eigenvalue weighted by Gasteiger charge is -2.40. The molecule has 1 aromatic carbocycles. The number of rotatable bonds is 6. The molecule has 3 heterocycles. The molecule has 0 bridgehead atoms. The summed E-state index contributed by atoms with van der Waals surface area (Å²) in [6.45, 7) is 6.13. The molecule has 6 heteroatoms. The van der Waals surface area contributed by atoms with Crippen molar-refractivity contribution in [3.63, 3.8) is 0 Å². The second-order valence-electron chi connectivity index (χ2n) is 8.13. The van der Waals surface area contributed by atoms with Crippen LogP contribution >= 0.6 is 0 Å². The molecule has 1 saturated heterocycles. The number of carbonyl (C=O) groups is 2. The Balaban J connectivity index is 1.30. The molecule has 0 unspecified atom stereocenters. The van der Waals surface area contributed by atoms with Crippen LogP contribution in [0.4, 0.5) is 0 Å². The van der Waals surface area contributed by atoms with E-state index < -0.39 is 0 Å². The number of nitrogens with one attached hydrogen (secondary N) is 1. The Morgan fingerprint density at radius 1 is 1.14 bits per heavy atom. The monoisotopic (exact) mass is 390 g/mol. The highest BCUT2D eigenvalue weighted by Gasteiger charge is 2.31. The van der Waals surface area contributed by atoms with E-state index in [9.17, 15) is 9.59 Å². The smallest absolute Gasteiger partial charge is 0.251 e. The van der Waals surface area contributed by atoms with Gasteiger partial charge in [0.25, 0.3) is 5.91 Å². The number of hydrogen-bond acceptors (Lipinski definition) is 3. The third-order valence-electron chi connectivity index (χ3n) is 5.38. The highest BCUT2D eigenvalue weighted by atomic mass is 16.2. The molecule has 6 nitrogen and oxygen atoms in total. The van der Waals surface area contributed by atoms with Crippen molar-refractivity contribution in [2.75, 3.05) is 13.1 Å². The van der Waals surface area contributed by atoms with Crippen LogP contribution < -0.4 is 5.32 Å². The predicted octanol–water partition coefficient (Wildman–Crippen LogP) is 3.24. The number of amides is 2. The molecule has 1 aliphatic rings. The minimum Gasteiger partial charge on any atom is -0.348 e. The Labute approximate surface area is 170 Å². The largest absolute Gasteiger partial charge is 0.348 e. The lowest BCUT2D eigenvalue weighted by molar-refractivity contribution is -0.136. The van der Waals surface area contributed by atoms with E-state index in [-0.39, 0.29) is 11.8 Å². The van der Waals surface area contributed by atoms with E-state index in [1.807, 2.05) is 58.1 Å². The van der Waals surface area contributed by atoms with Crippen LogP contribution in [0.5, 0.6) is 0 Å². The van der Waals surface area contributed by atoms with E-state index in [0.29, 0.717) is 30.4 Å². The highest BCUT2D eigenvalue weighted by Crippen LogP contribution is 2.28. The average Bonchev–Trinajstić information content (AvgIpc) is 3.12. The van der Waals surface area contributed by atoms with Crippen LogP contribution in [0.1, 0.15) is 47.7 Å². The Morgan fingerprint density at radius 3 is 2.62 bits per heavy atom. The van der Waals surface area contributed by atoms with Gasteiger partial charge in [0.2, 0.25) is 5.91 Å². The number of aromatic nitrogens is 2. The van der Waals surface area contributed by atoms with Gasteiger partial charge in [0.1, 0.15) is 5.65 Å². The van der Waals surface area contributed by atoms with E-state index in [1.54, 1.807) is 6.20 Å². The third-order valence-corrected chi connectivity index (χ3v) is 5.38. The minimum atomic E-state index is -0.0953. The summed E-state index contributed by atoms with van der Waals surface area (Å²) in [5.74, 6) is 0.897. The molecule has 0 spiro atoms. The lowest BCUT2D eigenvalue weighted by atomic mass is 9.90. The number of hydrogen-bond donors (Lipinski definition) is 1. The molecule has 0 aliphatic carbocycles. The molecule has 2 amide bonds. The number of nitrogens with zero attached hydrogens (tertiary/aromatic N) is 3. The second-order valence-corrected chi connectivity index (χ2v) is 8.13. The number of fused-ring (bicyclic) bond motifs is 1. The second kappa shape index (κ2) is 8.07. The van der Waals surface area contributed by atoms with E-state index in [0.717, 1.165) is 24.3 Å². The summed E-state index contributed by atoms with van der Waals surface area (Å²) in [4.78, 5) is 30.7. The third kappa shape index (κ3) is 4.31. The van der Waals surface area contributed by atoms with E-state index in [2.05, 4.69) is 24.1 Å². The van der Waals surface area contributed by atoms with Crippen LogP contribution in [-0.2, 0) is 11.3 Å². The quantitative estimate of drug-likeness (QED) is 0.703. The Hall–Kier alpha value is -3.15. The minimum absolute atomic E-state index is 0.0953. The van der Waals surface area contributed by atoms with Gasteiger partial charge in [-0.25, -0.2) is 4.98 Å². The molecule has 150 valence electrons. The summed E-state index contributed by atoms with van der Waals surface area (Å²) in [5, 5.41) is 2.96. The van der Waals surface area contributed by atoms with Crippen LogP contribution in [0, 0.1) is 5.92 Å². The summed E-state index contributed by atoms with van der Waals surface area (Å²) in [6.07, 6.45) is 6.19. The molecule has 3 aromatic rings. The summed E-state index contributed by atoms with van der Waals surface area (Å²) >= 11 is 0. The Kier molecular flexibility index (Phi) is 5.34. The van der Waals surface area contributed by atoms with Gasteiger partial charge >= 0.3 is 0 Å². The van der Waals surface area contributed by atoms with Crippen LogP contribution in [-0.4, -0.2) is 39.2 Å². The topological polar surface area (TPSA) is 66.7 Å². The Bertz CT molecular complexity index is 1020. The maximum absolute atomic E-state index is 12.5. The van der Waals surface area contributed by atoms with Gasteiger partial charge in [-0.1, -0.05) is 26.0 Å². The van der Waals surface area contributed by atoms with E-state index in [1.165, 1.54) is 5.56 Å². The summed E-state index contributed by atoms with van der Waals surface area (Å²) in [6, 6.07) is 11.7. The molecule has 1 fully saturated rings. The fourth-order valence-corrected chi connectivity index (χ4v) is 3.62. The molecule has 1 aliphatic heterocycles. The van der Waals surface area contributed by atoms with Gasteiger partial charge < -0.3 is 14.6 Å². The normalized spacial score (nSPS) is 14.2. The first kappa shape index (κ1) is 19.2. The molecule has 29 heavy (non-hydrogen) atoms. The van der Waals surface area contributed by atoms with Gasteiger partial charge in [0, 0.05) is 56.1 Å². The number of carbonyl (C=O) groups excluding carboxylic acids is 2. The number of pyridine rings is 1. The molecule has 0 radical (unpaired) electrons. The zero-order chi connectivity index (χ0) is 20.4. The number of imidazole rings is 1. The standard InChI is InChI=1S/C23H26N4O2/c1-16(2)11-22(28)27-14-20(15-27)18-3-5-19(6-4-18)23(29)25-13-17-7-9-26-10-8-24-21(26)12-17/h3-10,12,16,20H,11,13-15H2,1-2H3,(H,25,29). The van der Waals surface area contributed by atoms with Crippen molar-refractivity contribution in [1.82, 2.24) is 19.6 Å². The highest BCUT2D eigenvalue weighted by molar-refractivity contribution is 5.94. The molecule has 4 rings (SSSR count). The van der Waals surface area contributed by atoms with Crippen molar-refractivity contribution in [2.45, 2.75) is 32.7 Å². The van der Waals surface area contributed by atoms with Crippen molar-refractivity contribution in [3.8, 4) is 0 Å². The summed E-state index contributed by atoms with van der Waals surface area (Å²) < 4.78 is 1.93. The van der Waals surface area contributed by atoms with Gasteiger partial charge in [0.05, 0.1) is 0 Å². The van der Waals surface area contributed by atoms with Crippen LogP contribution in [0.25, 0.3) is 5.65 Å². The van der Waals surface area contributed by atoms with E-state index in [4.69, 9.17) is 0 Å². The molecule has 1 N–H and O–H groups in total. The molecule has 0 saturated carbocycles. The molecule has 0 atom stereocenters. The number of benzene rings is 1. The zero-order valence-corrected chi connectivity index (χ0v) is 16.8. The van der Waals surface area contributed by atoms with Crippen molar-refractivity contribution >= 4 is 17.5 Å². The Morgan fingerprint density at radius 2 is 1.90 bits per heavy atom. The first-order valence-corrected chi connectivity index (χ1v) is 10.1. The van der Waals surface area contributed by atoms with Crippen LogP contribution in [0.2, 0.25) is 0 Å². The van der Waals surface area contributed by atoms with Gasteiger partial charge in [-0.05, 0) is 41.3 Å². The van der Waals surface area contributed by atoms with Crippen LogP contribution in [0.15, 0.2) is 55.0 Å². The molecular formula is C23H26N4O2. The number of likely N-dealkylation sites (tertiary alicyclic amines) is 1. The van der Waals surface area contributed by atoms with Gasteiger partial charge in [-0.3, -0.25) is 9.59 Å². The van der Waals surface area contributed by atoms with Crippen molar-refractivity contribution < 1.29 is 9.59 Å². The summed E-state index contributed by atoms with van der Waals surface area (Å²) in [7, 11) is 0. The first-order valence-electron chi connectivity index (χ1n) is 10.1. The maximum Gasteiger partial charge on any atom is 0.251 e. The molecule has 2 aromatic heterocycles. The van der Waals surface area contributed by atoms with Crippen molar-refractivity contribution in [3.05, 3.63) is 71.7 Å². The SMILES string of the molecule is CC(C)CC(=O)N1CC(c2ccc(C(=O)NCc3ccn4ccnc4c3)cc2)C1. The fourth-order valence-electron chi connectivity index (χ4n) is 3.62. The average molecular weight is 390 g/mol. The fraction of sp³-hybridized carbons (Fsp3) is 0.348. The van der Waals surface area contributed by atoms with Gasteiger partial charge in [-0.15, -0.1) is 0 Å². The zero-order valence-electron chi connectivity index (χ0n) is 16.8. The van der Waals surface area contributed by atoms with Crippen molar-refractivity contribution in [2.24, 2.45) is 5.92 Å². The summed E-state index contributed by atoms with van der Waals surface area (Å²) in [5.41, 5.74) is 3.69. The maximum atomic E-state index is 12.5.